The summed E-state index contributed by atoms with van der Waals surface area (Å²) in [5.74, 6) is 2.08. The third-order valence-corrected chi connectivity index (χ3v) is 4.96. The van der Waals surface area contributed by atoms with Gasteiger partial charge in [0.25, 0.3) is 0 Å². The second-order valence-electron chi connectivity index (χ2n) is 6.96. The lowest BCUT2D eigenvalue weighted by atomic mass is 10.0. The molecule has 0 saturated carbocycles. The number of anilines is 1. The van der Waals surface area contributed by atoms with Gasteiger partial charge in [0.05, 0.1) is 19.3 Å². The molecule has 0 bridgehead atoms. The van der Waals surface area contributed by atoms with Gasteiger partial charge in [-0.05, 0) is 55.7 Å². The third kappa shape index (κ3) is 5.51. The van der Waals surface area contributed by atoms with E-state index in [9.17, 15) is 4.79 Å². The number of aromatic nitrogens is 1. The van der Waals surface area contributed by atoms with Gasteiger partial charge >= 0.3 is 0 Å². The maximum atomic E-state index is 12.3. The Balaban J connectivity index is 1.50. The van der Waals surface area contributed by atoms with E-state index in [1.165, 1.54) is 0 Å². The van der Waals surface area contributed by atoms with Gasteiger partial charge in [-0.1, -0.05) is 6.07 Å². The van der Waals surface area contributed by atoms with Crippen molar-refractivity contribution in [1.29, 1.82) is 5.26 Å². The Morgan fingerprint density at radius 2 is 2.10 bits per heavy atom. The molecular weight excluding hydrogens is 380 g/mol. The van der Waals surface area contributed by atoms with Crippen LogP contribution in [0.1, 0.15) is 30.9 Å². The number of amides is 1. The first-order chi connectivity index (χ1) is 14.6. The summed E-state index contributed by atoms with van der Waals surface area (Å²) < 4.78 is 10.9. The number of pyridine rings is 1. The number of nitrogens with one attached hydrogen (secondary N) is 1. The van der Waals surface area contributed by atoms with Gasteiger partial charge in [0.2, 0.25) is 5.91 Å². The van der Waals surface area contributed by atoms with E-state index in [0.29, 0.717) is 23.7 Å². The lowest BCUT2D eigenvalue weighted by Crippen LogP contribution is -2.44. The van der Waals surface area contributed by atoms with E-state index in [2.05, 4.69) is 21.3 Å². The Hall–Kier alpha value is -3.53. The summed E-state index contributed by atoms with van der Waals surface area (Å²) >= 11 is 0. The van der Waals surface area contributed by atoms with Crippen molar-refractivity contribution in [3.63, 3.8) is 0 Å². The fourth-order valence-electron chi connectivity index (χ4n) is 3.38. The lowest BCUT2D eigenvalue weighted by Gasteiger charge is -2.33. The Labute approximate surface area is 176 Å². The molecule has 1 saturated heterocycles. The summed E-state index contributed by atoms with van der Waals surface area (Å²) in [6, 6.07) is 11.4. The molecule has 1 fully saturated rings. The maximum Gasteiger partial charge on any atom is 0.244 e. The Morgan fingerprint density at radius 1 is 1.30 bits per heavy atom. The highest BCUT2D eigenvalue weighted by Crippen LogP contribution is 2.28. The molecule has 0 atom stereocenters. The zero-order valence-corrected chi connectivity index (χ0v) is 17.3. The highest BCUT2D eigenvalue weighted by Gasteiger charge is 2.21. The number of benzene rings is 1. The second-order valence-corrected chi connectivity index (χ2v) is 6.96. The number of ether oxygens (including phenoxy) is 2. The monoisotopic (exact) mass is 406 g/mol. The van der Waals surface area contributed by atoms with E-state index in [4.69, 9.17) is 14.7 Å². The van der Waals surface area contributed by atoms with Gasteiger partial charge in [0, 0.05) is 31.4 Å². The summed E-state index contributed by atoms with van der Waals surface area (Å²) in [6.07, 6.45) is 6.59. The number of hydrogen-bond acceptors (Lipinski definition) is 6. The maximum absolute atomic E-state index is 12.3. The Morgan fingerprint density at radius 3 is 2.73 bits per heavy atom. The van der Waals surface area contributed by atoms with Crippen LogP contribution in [0.15, 0.2) is 42.6 Å². The van der Waals surface area contributed by atoms with Crippen LogP contribution in [0.2, 0.25) is 0 Å². The summed E-state index contributed by atoms with van der Waals surface area (Å²) in [5.41, 5.74) is 1.42. The van der Waals surface area contributed by atoms with Crippen LogP contribution >= 0.6 is 0 Å². The van der Waals surface area contributed by atoms with Gasteiger partial charge in [-0.3, -0.25) is 4.79 Å². The summed E-state index contributed by atoms with van der Waals surface area (Å²) in [6.45, 7) is 4.10. The minimum atomic E-state index is -0.113. The quantitative estimate of drug-likeness (QED) is 0.711. The van der Waals surface area contributed by atoms with Crippen LogP contribution in [0.4, 0.5) is 5.82 Å². The Bertz CT molecular complexity index is 926. The second kappa shape index (κ2) is 10.3. The topological polar surface area (TPSA) is 87.5 Å². The van der Waals surface area contributed by atoms with Crippen molar-refractivity contribution >= 4 is 17.8 Å². The number of carbonyl (C=O) groups is 1. The number of carbonyl (C=O) groups excluding carboxylic acids is 1. The lowest BCUT2D eigenvalue weighted by molar-refractivity contribution is -0.117. The van der Waals surface area contributed by atoms with Crippen LogP contribution in [0, 0.1) is 11.3 Å². The molecule has 1 N–H and O–H groups in total. The van der Waals surface area contributed by atoms with Gasteiger partial charge in [-0.2, -0.15) is 5.26 Å². The normalized spacial score (nSPS) is 14.4. The number of piperidine rings is 1. The fraction of sp³-hybridized carbons (Fsp3) is 0.348. The van der Waals surface area contributed by atoms with Crippen LogP contribution in [0.3, 0.4) is 0 Å². The molecule has 0 aliphatic carbocycles. The van der Waals surface area contributed by atoms with Crippen molar-refractivity contribution in [3.05, 3.63) is 53.7 Å². The molecule has 3 rings (SSSR count). The summed E-state index contributed by atoms with van der Waals surface area (Å²) in [4.78, 5) is 18.8. The smallest absolute Gasteiger partial charge is 0.244 e. The largest absolute Gasteiger partial charge is 0.493 e. The standard InChI is InChI=1S/C23H26N4O3/c1-3-30-20-7-4-17(14-21(20)29-2)6-9-23(28)26-19-10-12-27(13-11-19)22-8-5-18(15-24)16-25-22/h4-9,14,16,19H,3,10-13H2,1-2H3,(H,26,28)/b9-6+. The van der Waals surface area contributed by atoms with Crippen LogP contribution in [0.25, 0.3) is 6.08 Å². The molecule has 0 spiro atoms. The molecule has 1 aromatic heterocycles. The van der Waals surface area contributed by atoms with Gasteiger partial charge in [0.15, 0.2) is 11.5 Å². The van der Waals surface area contributed by atoms with Gasteiger partial charge < -0.3 is 19.7 Å². The van der Waals surface area contributed by atoms with Gasteiger partial charge in [-0.25, -0.2) is 4.98 Å². The predicted molar refractivity (Wildman–Crippen MR) is 116 cm³/mol. The van der Waals surface area contributed by atoms with Crippen LogP contribution in [-0.4, -0.2) is 43.7 Å². The molecule has 1 aliphatic heterocycles. The number of rotatable bonds is 7. The molecule has 30 heavy (non-hydrogen) atoms. The molecule has 2 aromatic rings. The van der Waals surface area contributed by atoms with E-state index in [1.807, 2.05) is 31.2 Å². The van der Waals surface area contributed by atoms with Crippen molar-refractivity contribution in [2.24, 2.45) is 0 Å². The van der Waals surface area contributed by atoms with Crippen molar-refractivity contribution in [2.75, 3.05) is 31.7 Å². The number of methoxy groups -OCH3 is 1. The summed E-state index contributed by atoms with van der Waals surface area (Å²) in [5, 5.41) is 11.9. The Kier molecular flexibility index (Phi) is 7.28. The molecule has 0 radical (unpaired) electrons. The first kappa shape index (κ1) is 21.2. The molecule has 0 unspecified atom stereocenters. The van der Waals surface area contributed by atoms with E-state index >= 15 is 0 Å². The predicted octanol–water partition coefficient (Wildman–Crippen LogP) is 3.16. The van der Waals surface area contributed by atoms with Crippen molar-refractivity contribution < 1.29 is 14.3 Å². The van der Waals surface area contributed by atoms with E-state index in [-0.39, 0.29) is 11.9 Å². The molecule has 1 aromatic carbocycles. The minimum absolute atomic E-state index is 0.113. The van der Waals surface area contributed by atoms with E-state index < -0.39 is 0 Å². The zero-order chi connectivity index (χ0) is 21.3. The molecular formula is C23H26N4O3. The zero-order valence-electron chi connectivity index (χ0n) is 17.3. The highest BCUT2D eigenvalue weighted by atomic mass is 16.5. The van der Waals surface area contributed by atoms with Gasteiger partial charge in [-0.15, -0.1) is 0 Å². The van der Waals surface area contributed by atoms with Crippen LogP contribution < -0.4 is 19.7 Å². The average Bonchev–Trinajstić information content (AvgIpc) is 2.79. The number of nitriles is 1. The molecule has 7 nitrogen and oxygen atoms in total. The third-order valence-electron chi connectivity index (χ3n) is 4.96. The van der Waals surface area contributed by atoms with Crippen molar-refractivity contribution in [3.8, 4) is 17.6 Å². The van der Waals surface area contributed by atoms with E-state index in [1.54, 1.807) is 31.5 Å². The molecule has 7 heteroatoms. The first-order valence-corrected chi connectivity index (χ1v) is 10.0. The number of nitrogens with zero attached hydrogens (tertiary/aromatic N) is 3. The fourth-order valence-corrected chi connectivity index (χ4v) is 3.38. The number of hydrogen-bond donors (Lipinski definition) is 1. The molecule has 156 valence electrons. The average molecular weight is 406 g/mol. The van der Waals surface area contributed by atoms with Crippen molar-refractivity contribution in [2.45, 2.75) is 25.8 Å². The van der Waals surface area contributed by atoms with E-state index in [0.717, 1.165) is 37.3 Å². The molecule has 2 heterocycles. The molecule has 1 amide bonds. The SMILES string of the molecule is CCOc1ccc(/C=C/C(=O)NC2CCN(c3ccc(C#N)cn3)CC2)cc1OC. The minimum Gasteiger partial charge on any atom is -0.493 e. The summed E-state index contributed by atoms with van der Waals surface area (Å²) in [7, 11) is 1.60. The molecule has 1 aliphatic rings. The van der Waals surface area contributed by atoms with Gasteiger partial charge in [0.1, 0.15) is 11.9 Å². The first-order valence-electron chi connectivity index (χ1n) is 10.0. The van der Waals surface area contributed by atoms with Crippen molar-refractivity contribution in [1.82, 2.24) is 10.3 Å². The highest BCUT2D eigenvalue weighted by molar-refractivity contribution is 5.92. The van der Waals surface area contributed by atoms with Crippen LogP contribution in [-0.2, 0) is 4.79 Å². The van der Waals surface area contributed by atoms with Crippen LogP contribution in [0.5, 0.6) is 11.5 Å².